The van der Waals surface area contributed by atoms with Gasteiger partial charge in [-0.1, -0.05) is 47.6 Å². The first-order valence-electron chi connectivity index (χ1n) is 9.65. The smallest absolute Gasteiger partial charge is 0.343 e. The largest absolute Gasteiger partial charge is 0.423 e. The van der Waals surface area contributed by atoms with E-state index in [-0.39, 0.29) is 16.0 Å². The minimum Gasteiger partial charge on any atom is -0.423 e. The molecule has 1 aliphatic rings. The van der Waals surface area contributed by atoms with Crippen LogP contribution in [0.3, 0.4) is 0 Å². The van der Waals surface area contributed by atoms with Crippen molar-refractivity contribution in [3.63, 3.8) is 0 Å². The van der Waals surface area contributed by atoms with Crippen LogP contribution in [0.15, 0.2) is 35.6 Å². The molecule has 0 N–H and O–H groups in total. The average Bonchev–Trinajstić information content (AvgIpc) is 2.81. The second kappa shape index (κ2) is 8.59. The molecule has 1 rings (SSSR count). The molecule has 154 valence electrons. The second-order valence-electron chi connectivity index (χ2n) is 10.1. The molecule has 0 fully saturated rings. The molecule has 27 heavy (non-hydrogen) atoms. The molecule has 0 aromatic heterocycles. The van der Waals surface area contributed by atoms with E-state index in [0.717, 1.165) is 0 Å². The lowest BCUT2D eigenvalue weighted by Gasteiger charge is -2.35. The Morgan fingerprint density at radius 3 is 1.89 bits per heavy atom. The van der Waals surface area contributed by atoms with Crippen molar-refractivity contribution in [2.75, 3.05) is 13.2 Å². The van der Waals surface area contributed by atoms with Gasteiger partial charge in [0.25, 0.3) is 0 Å². The molecule has 0 aliphatic carbocycles. The maximum atomic E-state index is 12.0. The summed E-state index contributed by atoms with van der Waals surface area (Å²) >= 11 is 0. The topological polar surface area (TPSA) is 44.8 Å². The maximum absolute atomic E-state index is 12.0. The second-order valence-corrected chi connectivity index (χ2v) is 19.8. The maximum Gasteiger partial charge on any atom is 0.343 e. The van der Waals surface area contributed by atoms with Crippen LogP contribution in [-0.2, 0) is 18.4 Å². The Kier molecular flexibility index (Phi) is 7.67. The van der Waals surface area contributed by atoms with Crippen molar-refractivity contribution in [1.29, 1.82) is 0 Å². The van der Waals surface area contributed by atoms with Gasteiger partial charge in [0.15, 0.2) is 16.6 Å². The number of hydrogen-bond acceptors (Lipinski definition) is 4. The molecule has 4 nitrogen and oxygen atoms in total. The molecule has 0 unspecified atom stereocenters. The number of cyclic esters (lactones) is 1. The summed E-state index contributed by atoms with van der Waals surface area (Å²) in [7, 11) is -3.58. The van der Waals surface area contributed by atoms with Crippen molar-refractivity contribution in [2.45, 2.75) is 77.8 Å². The van der Waals surface area contributed by atoms with Gasteiger partial charge in [0, 0.05) is 0 Å². The van der Waals surface area contributed by atoms with E-state index in [1.165, 1.54) is 0 Å². The minimum absolute atomic E-state index is 0.158. The first-order valence-corrected chi connectivity index (χ1v) is 15.5. The number of esters is 1. The Morgan fingerprint density at radius 2 is 1.41 bits per heavy atom. The molecular weight excluding hydrogens is 372 g/mol. The highest BCUT2D eigenvalue weighted by atomic mass is 28.4. The Labute approximate surface area is 167 Å². The van der Waals surface area contributed by atoms with Crippen LogP contribution < -0.4 is 0 Å². The molecule has 0 saturated carbocycles. The standard InChI is InChI=1S/C21H38O4Si2/c1-20(2,3)26(7,8)23-14-11-12-17-16-18(25-19(17)22)13-15-24-27(9,10)21(4,5)6/h11-13,16H,14-15H2,1-10H3/b12-11+,18-13+. The van der Waals surface area contributed by atoms with E-state index in [9.17, 15) is 4.79 Å². The first-order chi connectivity index (χ1) is 12.1. The van der Waals surface area contributed by atoms with Gasteiger partial charge in [-0.25, -0.2) is 4.79 Å². The summed E-state index contributed by atoms with van der Waals surface area (Å²) < 4.78 is 17.5. The summed E-state index contributed by atoms with van der Waals surface area (Å²) in [6.45, 7) is 23.1. The van der Waals surface area contributed by atoms with Gasteiger partial charge in [0.05, 0.1) is 18.8 Å². The van der Waals surface area contributed by atoms with Gasteiger partial charge in [0.2, 0.25) is 0 Å². The summed E-state index contributed by atoms with van der Waals surface area (Å²) in [5, 5.41) is 0.332. The fourth-order valence-corrected chi connectivity index (χ4v) is 3.70. The van der Waals surface area contributed by atoms with E-state index < -0.39 is 16.6 Å². The van der Waals surface area contributed by atoms with E-state index in [1.54, 1.807) is 12.2 Å². The highest BCUT2D eigenvalue weighted by Gasteiger charge is 2.37. The summed E-state index contributed by atoms with van der Waals surface area (Å²) in [6.07, 6.45) is 7.28. The summed E-state index contributed by atoms with van der Waals surface area (Å²) in [5.41, 5.74) is 0.549. The van der Waals surface area contributed by atoms with Crippen molar-refractivity contribution < 1.29 is 18.4 Å². The number of hydrogen-bond donors (Lipinski definition) is 0. The third-order valence-corrected chi connectivity index (χ3v) is 14.9. The molecule has 0 atom stereocenters. The minimum atomic E-state index is -1.80. The molecule has 0 amide bonds. The summed E-state index contributed by atoms with van der Waals surface area (Å²) in [6, 6.07) is 0. The van der Waals surface area contributed by atoms with Crippen LogP contribution in [0.5, 0.6) is 0 Å². The molecule has 0 aromatic carbocycles. The number of carbonyl (C=O) groups excluding carboxylic acids is 1. The fraction of sp³-hybridized carbons (Fsp3) is 0.667. The zero-order valence-electron chi connectivity index (χ0n) is 18.9. The lowest BCUT2D eigenvalue weighted by molar-refractivity contribution is -0.132. The highest BCUT2D eigenvalue weighted by molar-refractivity contribution is 6.74. The molecule has 0 bridgehead atoms. The van der Waals surface area contributed by atoms with Crippen LogP contribution in [-0.4, -0.2) is 35.8 Å². The van der Waals surface area contributed by atoms with Crippen LogP contribution >= 0.6 is 0 Å². The number of carbonyl (C=O) groups is 1. The Hall–Kier alpha value is -0.956. The van der Waals surface area contributed by atoms with E-state index in [1.807, 2.05) is 12.2 Å². The molecule has 0 saturated heterocycles. The molecule has 0 aromatic rings. The van der Waals surface area contributed by atoms with Gasteiger partial charge >= 0.3 is 5.97 Å². The number of allylic oxidation sites excluding steroid dienone is 1. The van der Waals surface area contributed by atoms with Crippen molar-refractivity contribution in [2.24, 2.45) is 0 Å². The highest BCUT2D eigenvalue weighted by Crippen LogP contribution is 2.37. The average molecular weight is 411 g/mol. The van der Waals surface area contributed by atoms with E-state index in [0.29, 0.717) is 24.5 Å². The van der Waals surface area contributed by atoms with Crippen molar-refractivity contribution in [3.05, 3.63) is 35.6 Å². The third-order valence-electron chi connectivity index (χ3n) is 5.92. The van der Waals surface area contributed by atoms with Crippen LogP contribution in [0, 0.1) is 0 Å². The Balaban J connectivity index is 2.62. The van der Waals surface area contributed by atoms with Gasteiger partial charge in [-0.2, -0.15) is 0 Å². The van der Waals surface area contributed by atoms with Crippen LogP contribution in [0.2, 0.25) is 36.3 Å². The van der Waals surface area contributed by atoms with Crippen molar-refractivity contribution >= 4 is 22.6 Å². The quantitative estimate of drug-likeness (QED) is 0.384. The van der Waals surface area contributed by atoms with Gasteiger partial charge in [0.1, 0.15) is 5.76 Å². The normalized spacial score (nSPS) is 18.4. The van der Waals surface area contributed by atoms with Gasteiger partial charge in [-0.05, 0) is 54.5 Å². The van der Waals surface area contributed by atoms with Crippen molar-refractivity contribution in [1.82, 2.24) is 0 Å². The Morgan fingerprint density at radius 1 is 0.926 bits per heavy atom. The van der Waals surface area contributed by atoms with E-state index >= 15 is 0 Å². The summed E-state index contributed by atoms with van der Waals surface area (Å²) in [4.78, 5) is 12.0. The third kappa shape index (κ3) is 6.86. The zero-order chi connectivity index (χ0) is 21.1. The predicted molar refractivity (Wildman–Crippen MR) is 118 cm³/mol. The Bertz CT molecular complexity index is 630. The number of rotatable bonds is 7. The van der Waals surface area contributed by atoms with E-state index in [4.69, 9.17) is 13.6 Å². The van der Waals surface area contributed by atoms with Crippen LogP contribution in [0.25, 0.3) is 0 Å². The van der Waals surface area contributed by atoms with Crippen LogP contribution in [0.1, 0.15) is 41.5 Å². The predicted octanol–water partition coefficient (Wildman–Crippen LogP) is 5.95. The fourth-order valence-electron chi connectivity index (χ4n) is 1.82. The van der Waals surface area contributed by atoms with Crippen LogP contribution in [0.4, 0.5) is 0 Å². The zero-order valence-corrected chi connectivity index (χ0v) is 20.9. The van der Waals surface area contributed by atoms with Crippen molar-refractivity contribution in [3.8, 4) is 0 Å². The van der Waals surface area contributed by atoms with Gasteiger partial charge in [-0.15, -0.1) is 0 Å². The van der Waals surface area contributed by atoms with Gasteiger partial charge < -0.3 is 13.6 Å². The SMILES string of the molecule is CC(C)(C)[Si](C)(C)OC/C=C/C1=CC(=C\CO[Si](C)(C)C(C)(C)C)/OC1=O. The summed E-state index contributed by atoms with van der Waals surface area (Å²) in [5.74, 6) is 0.237. The molecular formula is C21H38O4Si2. The molecule has 0 spiro atoms. The molecule has 1 aliphatic heterocycles. The number of ether oxygens (including phenoxy) is 1. The molecule has 1 heterocycles. The monoisotopic (exact) mass is 410 g/mol. The van der Waals surface area contributed by atoms with E-state index in [2.05, 4.69) is 67.7 Å². The lowest BCUT2D eigenvalue weighted by atomic mass is 10.2. The van der Waals surface area contributed by atoms with Gasteiger partial charge in [-0.3, -0.25) is 0 Å². The first kappa shape index (κ1) is 24.1. The molecule has 0 radical (unpaired) electrons. The lowest BCUT2D eigenvalue weighted by Crippen LogP contribution is -2.40. The molecule has 6 heteroatoms.